The first kappa shape index (κ1) is 13.9. The van der Waals surface area contributed by atoms with Crippen molar-refractivity contribution in [3.05, 3.63) is 57.7 Å². The summed E-state index contributed by atoms with van der Waals surface area (Å²) in [5, 5.41) is 3.20. The quantitative estimate of drug-likeness (QED) is 0.680. The molecule has 3 nitrogen and oxygen atoms in total. The average molecular weight is 318 g/mol. The number of halogens is 1. The van der Waals surface area contributed by atoms with Gasteiger partial charge in [-0.05, 0) is 61.6 Å². The monoisotopic (exact) mass is 318 g/mol. The van der Waals surface area contributed by atoms with Gasteiger partial charge in [0.05, 0.1) is 5.69 Å². The van der Waals surface area contributed by atoms with Gasteiger partial charge < -0.3 is 5.32 Å². The number of amides is 1. The molecule has 0 saturated carbocycles. The van der Waals surface area contributed by atoms with Crippen LogP contribution in [0.5, 0.6) is 0 Å². The lowest BCUT2D eigenvalue weighted by atomic mass is 10.2. The van der Waals surface area contributed by atoms with Gasteiger partial charge in [-0.2, -0.15) is 0 Å². The number of anilines is 1. The largest absolute Gasteiger partial charge is 0.327 e. The molecule has 3 rings (SSSR count). The summed E-state index contributed by atoms with van der Waals surface area (Å²) in [6.07, 6.45) is 1.77. The highest BCUT2D eigenvalue weighted by atomic mass is 32.1. The number of nitrogens with one attached hydrogen (secondary N) is 1. The minimum atomic E-state index is -0.353. The fourth-order valence-corrected chi connectivity index (χ4v) is 3.15. The molecule has 0 atom stereocenters. The highest BCUT2D eigenvalue weighted by Gasteiger charge is 2.31. The minimum Gasteiger partial charge on any atom is -0.327 e. The summed E-state index contributed by atoms with van der Waals surface area (Å²) in [5.41, 5.74) is 0.968. The number of thiophene rings is 1. The third-order valence-electron chi connectivity index (χ3n) is 3.01. The van der Waals surface area contributed by atoms with Crippen LogP contribution in [0.2, 0.25) is 0 Å². The Bertz CT molecular complexity index is 749. The van der Waals surface area contributed by atoms with Gasteiger partial charge >= 0.3 is 0 Å². The van der Waals surface area contributed by atoms with Crippen molar-refractivity contribution in [3.8, 4) is 0 Å². The Morgan fingerprint density at radius 3 is 2.57 bits per heavy atom. The van der Waals surface area contributed by atoms with Crippen LogP contribution in [-0.4, -0.2) is 11.0 Å². The van der Waals surface area contributed by atoms with Gasteiger partial charge in [-0.3, -0.25) is 9.69 Å². The molecule has 106 valence electrons. The number of rotatable bonds is 2. The molecule has 0 radical (unpaired) electrons. The summed E-state index contributed by atoms with van der Waals surface area (Å²) in [4.78, 5) is 15.9. The summed E-state index contributed by atoms with van der Waals surface area (Å²) in [7, 11) is 0. The van der Waals surface area contributed by atoms with E-state index in [1.807, 2.05) is 19.1 Å². The van der Waals surface area contributed by atoms with E-state index in [2.05, 4.69) is 5.32 Å². The molecular formula is C15H11FN2OS2. The van der Waals surface area contributed by atoms with E-state index in [1.54, 1.807) is 17.4 Å². The first-order valence-corrected chi connectivity index (χ1v) is 7.46. The topological polar surface area (TPSA) is 32.3 Å². The van der Waals surface area contributed by atoms with Crippen LogP contribution in [-0.2, 0) is 4.79 Å². The third-order valence-corrected chi connectivity index (χ3v) is 4.24. The van der Waals surface area contributed by atoms with E-state index in [4.69, 9.17) is 12.2 Å². The zero-order chi connectivity index (χ0) is 15.0. The molecule has 1 saturated heterocycles. The van der Waals surface area contributed by atoms with Gasteiger partial charge in [-0.25, -0.2) is 4.39 Å². The Labute approximate surface area is 130 Å². The van der Waals surface area contributed by atoms with Crippen LogP contribution in [0, 0.1) is 12.7 Å². The molecule has 1 fully saturated rings. The lowest BCUT2D eigenvalue weighted by Crippen LogP contribution is -2.30. The number of hydrogen-bond donors (Lipinski definition) is 1. The Morgan fingerprint density at radius 1 is 1.24 bits per heavy atom. The van der Waals surface area contributed by atoms with Gasteiger partial charge in [0, 0.05) is 9.75 Å². The van der Waals surface area contributed by atoms with Crippen molar-refractivity contribution in [1.82, 2.24) is 5.32 Å². The first-order valence-electron chi connectivity index (χ1n) is 6.24. The van der Waals surface area contributed by atoms with Crippen LogP contribution >= 0.6 is 23.6 Å². The molecule has 1 aromatic carbocycles. The van der Waals surface area contributed by atoms with E-state index in [0.29, 0.717) is 16.5 Å². The maximum absolute atomic E-state index is 13.0. The second-order valence-electron chi connectivity index (χ2n) is 4.55. The Balaban J connectivity index is 1.92. The highest BCUT2D eigenvalue weighted by Crippen LogP contribution is 2.24. The molecule has 6 heteroatoms. The number of carbonyl (C=O) groups excluding carboxylic acids is 1. The number of thiocarbonyl (C=S) groups is 1. The lowest BCUT2D eigenvalue weighted by Gasteiger charge is -2.13. The molecule has 21 heavy (non-hydrogen) atoms. The zero-order valence-corrected chi connectivity index (χ0v) is 12.7. The molecule has 0 unspecified atom stereocenters. The van der Waals surface area contributed by atoms with E-state index in [0.717, 1.165) is 4.88 Å². The summed E-state index contributed by atoms with van der Waals surface area (Å²) < 4.78 is 13.0. The number of carbonyl (C=O) groups is 1. The number of aryl methyl sites for hydroxylation is 1. The molecule has 0 spiro atoms. The van der Waals surface area contributed by atoms with Crippen LogP contribution in [0.4, 0.5) is 10.1 Å². The average Bonchev–Trinajstić information content (AvgIpc) is 2.96. The Kier molecular flexibility index (Phi) is 3.57. The predicted molar refractivity (Wildman–Crippen MR) is 86.7 cm³/mol. The van der Waals surface area contributed by atoms with E-state index >= 15 is 0 Å². The third kappa shape index (κ3) is 2.72. The van der Waals surface area contributed by atoms with Crippen LogP contribution in [0.1, 0.15) is 9.75 Å². The smallest absolute Gasteiger partial charge is 0.281 e. The summed E-state index contributed by atoms with van der Waals surface area (Å²) in [5.74, 6) is -0.591. The van der Waals surface area contributed by atoms with Crippen molar-refractivity contribution in [3.63, 3.8) is 0 Å². The fourth-order valence-electron chi connectivity index (χ4n) is 2.03. The first-order chi connectivity index (χ1) is 10.0. The van der Waals surface area contributed by atoms with Crippen molar-refractivity contribution in [2.45, 2.75) is 6.92 Å². The molecule has 2 heterocycles. The van der Waals surface area contributed by atoms with Crippen molar-refractivity contribution >= 4 is 46.3 Å². The zero-order valence-electron chi connectivity index (χ0n) is 11.1. The molecule has 1 aromatic heterocycles. The van der Waals surface area contributed by atoms with E-state index in [1.165, 1.54) is 34.0 Å². The number of benzene rings is 1. The minimum absolute atomic E-state index is 0.238. The van der Waals surface area contributed by atoms with Gasteiger partial charge in [-0.15, -0.1) is 11.3 Å². The Morgan fingerprint density at radius 2 is 1.95 bits per heavy atom. The van der Waals surface area contributed by atoms with Crippen molar-refractivity contribution in [2.24, 2.45) is 0 Å². The maximum Gasteiger partial charge on any atom is 0.281 e. The Hall–Kier alpha value is -2.05. The van der Waals surface area contributed by atoms with Crippen LogP contribution in [0.15, 0.2) is 42.1 Å². The number of nitrogens with zero attached hydrogens (tertiary/aromatic N) is 1. The molecule has 0 bridgehead atoms. The highest BCUT2D eigenvalue weighted by molar-refractivity contribution is 7.80. The second kappa shape index (κ2) is 5.38. The molecule has 1 aliphatic rings. The summed E-state index contributed by atoms with van der Waals surface area (Å²) in [6.45, 7) is 2.01. The van der Waals surface area contributed by atoms with Crippen LogP contribution in [0.25, 0.3) is 6.08 Å². The van der Waals surface area contributed by atoms with Crippen molar-refractivity contribution < 1.29 is 9.18 Å². The number of hydrogen-bond acceptors (Lipinski definition) is 3. The van der Waals surface area contributed by atoms with Gasteiger partial charge in [0.25, 0.3) is 5.91 Å². The molecular weight excluding hydrogens is 307 g/mol. The van der Waals surface area contributed by atoms with Gasteiger partial charge in [-0.1, -0.05) is 0 Å². The fraction of sp³-hybridized carbons (Fsp3) is 0.0667. The standard InChI is InChI=1S/C15H11FN2OS2/c1-9-2-7-12(21-9)8-13-14(19)18(15(20)17-13)11-5-3-10(16)4-6-11/h2-8H,1H3,(H,17,20)/b13-8-. The van der Waals surface area contributed by atoms with E-state index < -0.39 is 0 Å². The van der Waals surface area contributed by atoms with Gasteiger partial charge in [0.1, 0.15) is 11.5 Å². The molecule has 0 aliphatic carbocycles. The second-order valence-corrected chi connectivity index (χ2v) is 6.26. The van der Waals surface area contributed by atoms with E-state index in [-0.39, 0.29) is 11.7 Å². The normalized spacial score (nSPS) is 16.7. The SMILES string of the molecule is Cc1ccc(/C=C2\NC(=S)N(c3ccc(F)cc3)C2=O)s1. The molecule has 2 aromatic rings. The van der Waals surface area contributed by atoms with E-state index in [9.17, 15) is 9.18 Å². The van der Waals surface area contributed by atoms with Gasteiger partial charge in [0.15, 0.2) is 5.11 Å². The summed E-state index contributed by atoms with van der Waals surface area (Å²) in [6, 6.07) is 9.60. The van der Waals surface area contributed by atoms with Crippen molar-refractivity contribution in [1.29, 1.82) is 0 Å². The van der Waals surface area contributed by atoms with Crippen LogP contribution < -0.4 is 10.2 Å². The van der Waals surface area contributed by atoms with Gasteiger partial charge in [0.2, 0.25) is 0 Å². The predicted octanol–water partition coefficient (Wildman–Crippen LogP) is 3.46. The van der Waals surface area contributed by atoms with Crippen LogP contribution in [0.3, 0.4) is 0 Å². The lowest BCUT2D eigenvalue weighted by molar-refractivity contribution is -0.113. The maximum atomic E-state index is 13.0. The molecule has 1 amide bonds. The molecule has 1 aliphatic heterocycles. The summed E-state index contributed by atoms with van der Waals surface area (Å²) >= 11 is 6.79. The molecule has 1 N–H and O–H groups in total. The van der Waals surface area contributed by atoms with Crippen molar-refractivity contribution in [2.75, 3.05) is 4.90 Å².